The van der Waals surface area contributed by atoms with E-state index in [1.807, 2.05) is 0 Å². The van der Waals surface area contributed by atoms with E-state index in [1.54, 1.807) is 12.1 Å². The summed E-state index contributed by atoms with van der Waals surface area (Å²) in [5, 5.41) is 14.7. The number of carbonyl (C=O) groups is 1. The van der Waals surface area contributed by atoms with E-state index in [0.717, 1.165) is 0 Å². The van der Waals surface area contributed by atoms with Crippen LogP contribution in [0.4, 0.5) is 10.1 Å². The third-order valence-corrected chi connectivity index (χ3v) is 3.83. The zero-order valence-electron chi connectivity index (χ0n) is 13.6. The number of hydrogen-bond donors (Lipinski definition) is 1. The van der Waals surface area contributed by atoms with Crippen molar-refractivity contribution < 1.29 is 18.5 Å². The maximum Gasteiger partial charge on any atom is 0.271 e. The zero-order valence-corrected chi connectivity index (χ0v) is 14.3. The first-order chi connectivity index (χ1) is 12.9. The summed E-state index contributed by atoms with van der Waals surface area (Å²) in [4.78, 5) is 22.1. The Kier molecular flexibility index (Phi) is 5.28. The van der Waals surface area contributed by atoms with Crippen molar-refractivity contribution in [2.75, 3.05) is 0 Å². The number of furan rings is 1. The summed E-state index contributed by atoms with van der Waals surface area (Å²) in [6.45, 7) is 0. The highest BCUT2D eigenvalue weighted by molar-refractivity contribution is 6.33. The molecule has 0 fully saturated rings. The van der Waals surface area contributed by atoms with Crippen molar-refractivity contribution >= 4 is 29.4 Å². The highest BCUT2D eigenvalue weighted by Gasteiger charge is 2.13. The van der Waals surface area contributed by atoms with Crippen molar-refractivity contribution in [2.24, 2.45) is 5.10 Å². The van der Waals surface area contributed by atoms with Crippen molar-refractivity contribution in [2.45, 2.75) is 0 Å². The molecule has 0 saturated heterocycles. The van der Waals surface area contributed by atoms with Crippen molar-refractivity contribution in [3.8, 4) is 11.3 Å². The van der Waals surface area contributed by atoms with E-state index in [0.29, 0.717) is 17.1 Å². The lowest BCUT2D eigenvalue weighted by Crippen LogP contribution is -2.17. The van der Waals surface area contributed by atoms with Crippen LogP contribution in [0.15, 0.2) is 64.1 Å². The van der Waals surface area contributed by atoms with Gasteiger partial charge in [-0.3, -0.25) is 14.9 Å². The number of nitrogens with zero attached hydrogens (tertiary/aromatic N) is 2. The lowest BCUT2D eigenvalue weighted by atomic mass is 10.1. The Morgan fingerprint density at radius 1 is 1.19 bits per heavy atom. The van der Waals surface area contributed by atoms with E-state index >= 15 is 0 Å². The van der Waals surface area contributed by atoms with E-state index in [1.165, 1.54) is 48.7 Å². The predicted octanol–water partition coefficient (Wildman–Crippen LogP) is 4.41. The molecule has 1 aromatic heterocycles. The topological polar surface area (TPSA) is 97.7 Å². The van der Waals surface area contributed by atoms with Gasteiger partial charge in [0.1, 0.15) is 17.3 Å². The summed E-state index contributed by atoms with van der Waals surface area (Å²) in [5.41, 5.74) is 2.91. The lowest BCUT2D eigenvalue weighted by Gasteiger charge is -2.00. The Hall–Kier alpha value is -3.52. The van der Waals surface area contributed by atoms with Crippen molar-refractivity contribution in [1.29, 1.82) is 0 Å². The van der Waals surface area contributed by atoms with E-state index in [-0.39, 0.29) is 16.3 Å². The average Bonchev–Trinajstić information content (AvgIpc) is 3.10. The molecule has 0 radical (unpaired) electrons. The number of carbonyl (C=O) groups excluding carboxylic acids is 1. The van der Waals surface area contributed by atoms with E-state index < -0.39 is 16.6 Å². The normalized spacial score (nSPS) is 10.9. The van der Waals surface area contributed by atoms with Crippen molar-refractivity contribution in [3.05, 3.63) is 86.9 Å². The minimum Gasteiger partial charge on any atom is -0.455 e. The molecule has 27 heavy (non-hydrogen) atoms. The number of nitrogens with one attached hydrogen (secondary N) is 1. The number of benzene rings is 2. The first-order valence-corrected chi connectivity index (χ1v) is 7.95. The van der Waals surface area contributed by atoms with Crippen LogP contribution in [0.2, 0.25) is 5.02 Å². The molecule has 0 atom stereocenters. The highest BCUT2D eigenvalue weighted by atomic mass is 35.5. The Labute approximate surface area is 157 Å². The van der Waals surface area contributed by atoms with Crippen LogP contribution in [0.25, 0.3) is 11.3 Å². The van der Waals surface area contributed by atoms with Gasteiger partial charge >= 0.3 is 0 Å². The van der Waals surface area contributed by atoms with Crippen LogP contribution < -0.4 is 5.43 Å². The average molecular weight is 388 g/mol. The highest BCUT2D eigenvalue weighted by Crippen LogP contribution is 2.31. The van der Waals surface area contributed by atoms with Crippen LogP contribution in [-0.2, 0) is 0 Å². The van der Waals surface area contributed by atoms with Crippen LogP contribution in [0.1, 0.15) is 16.1 Å². The van der Waals surface area contributed by atoms with Gasteiger partial charge in [0, 0.05) is 23.3 Å². The second-order valence-corrected chi connectivity index (χ2v) is 5.74. The molecule has 3 aromatic rings. The van der Waals surface area contributed by atoms with Crippen molar-refractivity contribution in [3.63, 3.8) is 0 Å². The summed E-state index contributed by atoms with van der Waals surface area (Å²) < 4.78 is 18.4. The van der Waals surface area contributed by atoms with Crippen LogP contribution in [-0.4, -0.2) is 17.0 Å². The summed E-state index contributed by atoms with van der Waals surface area (Å²) >= 11 is 6.06. The Morgan fingerprint density at radius 3 is 2.59 bits per heavy atom. The molecule has 2 aromatic carbocycles. The molecule has 1 heterocycles. The van der Waals surface area contributed by atoms with Gasteiger partial charge in [0.15, 0.2) is 0 Å². The first-order valence-electron chi connectivity index (χ1n) is 7.57. The number of nitro benzene ring substituents is 1. The van der Waals surface area contributed by atoms with Gasteiger partial charge in [0.2, 0.25) is 0 Å². The summed E-state index contributed by atoms with van der Waals surface area (Å²) in [5.74, 6) is -0.223. The van der Waals surface area contributed by atoms with Gasteiger partial charge in [0.05, 0.1) is 16.2 Å². The fourth-order valence-electron chi connectivity index (χ4n) is 2.20. The number of hydrazone groups is 1. The van der Waals surface area contributed by atoms with Gasteiger partial charge in [-0.15, -0.1) is 0 Å². The second kappa shape index (κ2) is 7.79. The summed E-state index contributed by atoms with van der Waals surface area (Å²) in [6, 6.07) is 12.3. The number of rotatable bonds is 5. The van der Waals surface area contributed by atoms with Crippen LogP contribution in [0.3, 0.4) is 0 Å². The van der Waals surface area contributed by atoms with Gasteiger partial charge < -0.3 is 4.42 Å². The van der Waals surface area contributed by atoms with E-state index in [4.69, 9.17) is 16.0 Å². The molecule has 1 N–H and O–H groups in total. The molecule has 136 valence electrons. The molecule has 0 aliphatic rings. The number of amides is 1. The second-order valence-electron chi connectivity index (χ2n) is 5.33. The molecule has 3 rings (SSSR count). The molecule has 9 heteroatoms. The largest absolute Gasteiger partial charge is 0.455 e. The Morgan fingerprint density at radius 2 is 1.93 bits per heavy atom. The Balaban J connectivity index is 1.69. The number of non-ortho nitro benzene ring substituents is 1. The van der Waals surface area contributed by atoms with Crippen LogP contribution >= 0.6 is 11.6 Å². The SMILES string of the molecule is O=C(N/N=C/c1ccc(-c2ccc([N+](=O)[O-])cc2Cl)o1)c1ccc(F)cc1. The predicted molar refractivity (Wildman–Crippen MR) is 97.3 cm³/mol. The molecule has 0 aliphatic heterocycles. The smallest absolute Gasteiger partial charge is 0.271 e. The summed E-state index contributed by atoms with van der Waals surface area (Å²) in [6.07, 6.45) is 1.28. The lowest BCUT2D eigenvalue weighted by molar-refractivity contribution is -0.384. The van der Waals surface area contributed by atoms with Crippen LogP contribution in [0.5, 0.6) is 0 Å². The van der Waals surface area contributed by atoms with Gasteiger partial charge in [-0.25, -0.2) is 9.82 Å². The third kappa shape index (κ3) is 4.36. The van der Waals surface area contributed by atoms with Crippen LogP contribution in [0, 0.1) is 15.9 Å². The fraction of sp³-hybridized carbons (Fsp3) is 0. The summed E-state index contributed by atoms with van der Waals surface area (Å²) in [7, 11) is 0. The zero-order chi connectivity index (χ0) is 19.4. The van der Waals surface area contributed by atoms with Gasteiger partial charge in [-0.1, -0.05) is 11.6 Å². The van der Waals surface area contributed by atoms with Gasteiger partial charge in [-0.05, 0) is 42.5 Å². The molecular weight excluding hydrogens is 377 g/mol. The first kappa shape index (κ1) is 18.3. The minimum atomic E-state index is -0.542. The minimum absolute atomic E-state index is 0.124. The molecule has 0 spiro atoms. The fourth-order valence-corrected chi connectivity index (χ4v) is 2.47. The third-order valence-electron chi connectivity index (χ3n) is 3.52. The van der Waals surface area contributed by atoms with Crippen molar-refractivity contribution in [1.82, 2.24) is 5.43 Å². The maximum absolute atomic E-state index is 12.8. The quantitative estimate of drug-likeness (QED) is 0.398. The Bertz CT molecular complexity index is 1030. The molecule has 7 nitrogen and oxygen atoms in total. The van der Waals surface area contributed by atoms with E-state index in [9.17, 15) is 19.3 Å². The number of hydrogen-bond acceptors (Lipinski definition) is 5. The monoisotopic (exact) mass is 387 g/mol. The van der Waals surface area contributed by atoms with E-state index in [2.05, 4.69) is 10.5 Å². The molecule has 0 aliphatic carbocycles. The van der Waals surface area contributed by atoms with Gasteiger partial charge in [-0.2, -0.15) is 5.10 Å². The number of nitro groups is 1. The molecule has 0 saturated carbocycles. The van der Waals surface area contributed by atoms with Gasteiger partial charge in [0.25, 0.3) is 11.6 Å². The molecule has 1 amide bonds. The molecular formula is C18H11ClFN3O4. The standard InChI is InChI=1S/C18H11ClFN3O4/c19-16-9-13(23(25)26)5-7-15(16)17-8-6-14(27-17)10-21-22-18(24)11-1-3-12(20)4-2-11/h1-10H,(H,22,24)/b21-10+. The maximum atomic E-state index is 12.8. The number of halogens is 2. The molecule has 0 bridgehead atoms. The molecule has 0 unspecified atom stereocenters.